The summed E-state index contributed by atoms with van der Waals surface area (Å²) in [5.41, 5.74) is 2.22. The van der Waals surface area contributed by atoms with Gasteiger partial charge in [0.05, 0.1) is 24.9 Å². The SMILES string of the molecule is COCCN1CCN(C2CCc3c(sc4ncn(Cc5ccccc5Cl)c(=O)c34)C2)CC1. The fourth-order valence-corrected chi connectivity index (χ4v) is 6.44. The van der Waals surface area contributed by atoms with Crippen LogP contribution in [0, 0.1) is 0 Å². The number of methoxy groups -OCH3 is 1. The minimum atomic E-state index is 0.0534. The van der Waals surface area contributed by atoms with Crippen molar-refractivity contribution < 1.29 is 4.74 Å². The van der Waals surface area contributed by atoms with Gasteiger partial charge in [0.15, 0.2) is 0 Å². The van der Waals surface area contributed by atoms with Crippen LogP contribution in [0.25, 0.3) is 10.2 Å². The van der Waals surface area contributed by atoms with Gasteiger partial charge in [-0.05, 0) is 36.5 Å². The van der Waals surface area contributed by atoms with E-state index in [0.717, 1.165) is 74.4 Å². The number of hydrogen-bond donors (Lipinski definition) is 0. The van der Waals surface area contributed by atoms with Gasteiger partial charge >= 0.3 is 0 Å². The molecule has 0 radical (unpaired) electrons. The van der Waals surface area contributed by atoms with Gasteiger partial charge < -0.3 is 4.74 Å². The van der Waals surface area contributed by atoms with Crippen molar-refractivity contribution in [2.24, 2.45) is 0 Å². The van der Waals surface area contributed by atoms with Crippen molar-refractivity contribution in [1.82, 2.24) is 19.4 Å². The Morgan fingerprint density at radius 1 is 1.22 bits per heavy atom. The summed E-state index contributed by atoms with van der Waals surface area (Å²) in [6.07, 6.45) is 4.76. The molecule has 0 amide bonds. The molecule has 3 aromatic rings. The Bertz CT molecular complexity index is 1150. The Balaban J connectivity index is 1.33. The minimum Gasteiger partial charge on any atom is -0.383 e. The largest absolute Gasteiger partial charge is 0.383 e. The lowest BCUT2D eigenvalue weighted by molar-refractivity contribution is 0.0707. The standard InChI is InChI=1S/C24H29ClN4O2S/c1-31-13-12-27-8-10-28(11-9-27)18-6-7-19-21(14-18)32-23-22(19)24(30)29(16-26-23)15-17-4-2-3-5-20(17)25/h2-5,16,18H,6-15H2,1H3. The van der Waals surface area contributed by atoms with Crippen molar-refractivity contribution in [3.8, 4) is 0 Å². The predicted octanol–water partition coefficient (Wildman–Crippen LogP) is 3.28. The van der Waals surface area contributed by atoms with E-state index in [0.29, 0.717) is 17.6 Å². The Morgan fingerprint density at radius 3 is 2.81 bits per heavy atom. The number of rotatable bonds is 6. The quantitative estimate of drug-likeness (QED) is 0.551. The highest BCUT2D eigenvalue weighted by atomic mass is 35.5. The van der Waals surface area contributed by atoms with Crippen LogP contribution in [0.2, 0.25) is 5.02 Å². The molecule has 1 saturated heterocycles. The average Bonchev–Trinajstić information content (AvgIpc) is 3.19. The molecule has 170 valence electrons. The molecule has 6 nitrogen and oxygen atoms in total. The predicted molar refractivity (Wildman–Crippen MR) is 130 cm³/mol. The van der Waals surface area contributed by atoms with E-state index >= 15 is 0 Å². The fourth-order valence-electron chi connectivity index (χ4n) is 4.99. The molecule has 5 rings (SSSR count). The van der Waals surface area contributed by atoms with E-state index in [2.05, 4.69) is 14.8 Å². The normalized spacial score (nSPS) is 20.0. The molecule has 1 unspecified atom stereocenters. The first-order valence-corrected chi connectivity index (χ1v) is 12.5. The molecular weight excluding hydrogens is 444 g/mol. The second kappa shape index (κ2) is 9.61. The van der Waals surface area contributed by atoms with Crippen LogP contribution in [0.3, 0.4) is 0 Å². The van der Waals surface area contributed by atoms with Gasteiger partial charge in [-0.25, -0.2) is 4.98 Å². The molecule has 2 aromatic heterocycles. The molecular formula is C24H29ClN4O2S. The molecule has 1 aliphatic heterocycles. The summed E-state index contributed by atoms with van der Waals surface area (Å²) in [5.74, 6) is 0. The van der Waals surface area contributed by atoms with E-state index in [1.807, 2.05) is 24.3 Å². The van der Waals surface area contributed by atoms with Gasteiger partial charge in [-0.1, -0.05) is 29.8 Å². The maximum atomic E-state index is 13.3. The Kier molecular flexibility index (Phi) is 6.62. The molecule has 0 saturated carbocycles. The number of ether oxygens (including phenoxy) is 1. The highest BCUT2D eigenvalue weighted by molar-refractivity contribution is 7.18. The van der Waals surface area contributed by atoms with Crippen molar-refractivity contribution in [3.63, 3.8) is 0 Å². The number of thiophene rings is 1. The molecule has 3 heterocycles. The third-order valence-electron chi connectivity index (χ3n) is 6.84. The summed E-state index contributed by atoms with van der Waals surface area (Å²) in [6.45, 7) is 6.69. The van der Waals surface area contributed by atoms with Crippen LogP contribution in [0.5, 0.6) is 0 Å². The summed E-state index contributed by atoms with van der Waals surface area (Å²) >= 11 is 8.02. The van der Waals surface area contributed by atoms with Crippen molar-refractivity contribution in [2.45, 2.75) is 31.8 Å². The van der Waals surface area contributed by atoms with Crippen LogP contribution in [0.4, 0.5) is 0 Å². The van der Waals surface area contributed by atoms with E-state index in [9.17, 15) is 4.79 Å². The number of benzene rings is 1. The molecule has 0 N–H and O–H groups in total. The lowest BCUT2D eigenvalue weighted by Gasteiger charge is -2.40. The summed E-state index contributed by atoms with van der Waals surface area (Å²) in [7, 11) is 1.77. The van der Waals surface area contributed by atoms with Gasteiger partial charge in [-0.3, -0.25) is 19.2 Å². The van der Waals surface area contributed by atoms with Crippen LogP contribution in [-0.4, -0.2) is 71.8 Å². The zero-order chi connectivity index (χ0) is 22.1. The number of aryl methyl sites for hydroxylation is 1. The molecule has 8 heteroatoms. The molecule has 32 heavy (non-hydrogen) atoms. The summed E-state index contributed by atoms with van der Waals surface area (Å²) in [5, 5.41) is 1.50. The number of nitrogens with zero attached hydrogens (tertiary/aromatic N) is 4. The molecule has 1 aromatic carbocycles. The van der Waals surface area contributed by atoms with Gasteiger partial charge in [0, 0.05) is 55.8 Å². The zero-order valence-electron chi connectivity index (χ0n) is 18.4. The van der Waals surface area contributed by atoms with E-state index in [-0.39, 0.29) is 5.56 Å². The maximum Gasteiger partial charge on any atom is 0.262 e. The molecule has 1 fully saturated rings. The summed E-state index contributed by atoms with van der Waals surface area (Å²) in [4.78, 5) is 25.3. The van der Waals surface area contributed by atoms with Crippen LogP contribution in [0.15, 0.2) is 35.4 Å². The first-order valence-electron chi connectivity index (χ1n) is 11.3. The van der Waals surface area contributed by atoms with Crippen molar-refractivity contribution in [3.05, 3.63) is 62.0 Å². The van der Waals surface area contributed by atoms with E-state index in [1.54, 1.807) is 29.3 Å². The summed E-state index contributed by atoms with van der Waals surface area (Å²) in [6, 6.07) is 8.23. The lowest BCUT2D eigenvalue weighted by Crippen LogP contribution is -2.52. The molecule has 2 aliphatic rings. The second-order valence-corrected chi connectivity index (χ2v) is 10.2. The smallest absolute Gasteiger partial charge is 0.262 e. The monoisotopic (exact) mass is 472 g/mol. The molecule has 0 bridgehead atoms. The Morgan fingerprint density at radius 2 is 2.03 bits per heavy atom. The van der Waals surface area contributed by atoms with Gasteiger partial charge in [-0.2, -0.15) is 0 Å². The van der Waals surface area contributed by atoms with E-state index in [4.69, 9.17) is 16.3 Å². The zero-order valence-corrected chi connectivity index (χ0v) is 20.0. The second-order valence-electron chi connectivity index (χ2n) is 8.72. The summed E-state index contributed by atoms with van der Waals surface area (Å²) < 4.78 is 6.92. The number of halogens is 1. The molecule has 1 aliphatic carbocycles. The van der Waals surface area contributed by atoms with Crippen molar-refractivity contribution in [1.29, 1.82) is 0 Å². The molecule has 0 spiro atoms. The van der Waals surface area contributed by atoms with E-state index in [1.165, 1.54) is 10.4 Å². The van der Waals surface area contributed by atoms with Crippen LogP contribution >= 0.6 is 22.9 Å². The number of hydrogen-bond acceptors (Lipinski definition) is 6. The van der Waals surface area contributed by atoms with Crippen LogP contribution < -0.4 is 5.56 Å². The van der Waals surface area contributed by atoms with Crippen LogP contribution in [0.1, 0.15) is 22.4 Å². The Labute approximate surface area is 197 Å². The number of piperazine rings is 1. The third-order valence-corrected chi connectivity index (χ3v) is 8.37. The molecule has 1 atom stereocenters. The third kappa shape index (κ3) is 4.37. The minimum absolute atomic E-state index is 0.0534. The van der Waals surface area contributed by atoms with Gasteiger partial charge in [0.1, 0.15) is 4.83 Å². The topological polar surface area (TPSA) is 50.6 Å². The number of aromatic nitrogens is 2. The average molecular weight is 473 g/mol. The first kappa shape index (κ1) is 22.0. The van der Waals surface area contributed by atoms with E-state index < -0.39 is 0 Å². The Hall–Kier alpha value is -1.77. The van der Waals surface area contributed by atoms with Gasteiger partial charge in [0.2, 0.25) is 0 Å². The van der Waals surface area contributed by atoms with Gasteiger partial charge in [-0.15, -0.1) is 11.3 Å². The van der Waals surface area contributed by atoms with Crippen molar-refractivity contribution >= 4 is 33.2 Å². The maximum absolute atomic E-state index is 13.3. The lowest BCUT2D eigenvalue weighted by atomic mass is 9.91. The van der Waals surface area contributed by atoms with Gasteiger partial charge in [0.25, 0.3) is 5.56 Å². The highest BCUT2D eigenvalue weighted by Gasteiger charge is 2.30. The fraction of sp³-hybridized carbons (Fsp3) is 0.500. The number of fused-ring (bicyclic) bond motifs is 3. The van der Waals surface area contributed by atoms with Crippen molar-refractivity contribution in [2.75, 3.05) is 46.4 Å². The first-order chi connectivity index (χ1) is 15.6. The van der Waals surface area contributed by atoms with Crippen LogP contribution in [-0.2, 0) is 24.1 Å². The highest BCUT2D eigenvalue weighted by Crippen LogP contribution is 2.35.